The molecule has 1 heterocycles. The van der Waals surface area contributed by atoms with E-state index in [4.69, 9.17) is 9.84 Å². The van der Waals surface area contributed by atoms with E-state index in [9.17, 15) is 9.18 Å². The van der Waals surface area contributed by atoms with Crippen LogP contribution in [-0.2, 0) is 23.0 Å². The third kappa shape index (κ3) is 4.13. The minimum absolute atomic E-state index is 0.0434. The predicted octanol–water partition coefficient (Wildman–Crippen LogP) is 2.26. The van der Waals surface area contributed by atoms with Crippen LogP contribution in [-0.4, -0.2) is 34.1 Å². The molecule has 0 fully saturated rings. The third-order valence-electron chi connectivity index (χ3n) is 3.07. The Morgan fingerprint density at radius 2 is 2.24 bits per heavy atom. The van der Waals surface area contributed by atoms with Gasteiger partial charge in [-0.05, 0) is 12.0 Å². The van der Waals surface area contributed by atoms with E-state index in [2.05, 4.69) is 5.10 Å². The SMILES string of the molecule is Cn1cc(-c2cccc(CCOCCC(=O)O)c2F)cn1. The summed E-state index contributed by atoms with van der Waals surface area (Å²) in [7, 11) is 1.78. The molecular weight excluding hydrogens is 275 g/mol. The molecule has 0 unspecified atom stereocenters. The fourth-order valence-electron chi connectivity index (χ4n) is 2.00. The lowest BCUT2D eigenvalue weighted by molar-refractivity contribution is -0.138. The molecule has 1 aromatic heterocycles. The summed E-state index contributed by atoms with van der Waals surface area (Å²) in [4.78, 5) is 10.3. The number of benzene rings is 1. The monoisotopic (exact) mass is 292 g/mol. The van der Waals surface area contributed by atoms with Gasteiger partial charge in [-0.15, -0.1) is 0 Å². The molecule has 2 aromatic rings. The minimum Gasteiger partial charge on any atom is -0.481 e. The maximum atomic E-state index is 14.4. The topological polar surface area (TPSA) is 64.3 Å². The molecule has 6 heteroatoms. The summed E-state index contributed by atoms with van der Waals surface area (Å²) < 4.78 is 21.2. The van der Waals surface area contributed by atoms with E-state index in [1.165, 1.54) is 0 Å². The number of carbonyl (C=O) groups is 1. The van der Waals surface area contributed by atoms with E-state index in [0.29, 0.717) is 24.2 Å². The van der Waals surface area contributed by atoms with Gasteiger partial charge < -0.3 is 9.84 Å². The summed E-state index contributed by atoms with van der Waals surface area (Å²) in [5.74, 6) is -1.19. The van der Waals surface area contributed by atoms with Crippen molar-refractivity contribution in [1.82, 2.24) is 9.78 Å². The molecule has 0 spiro atoms. The maximum absolute atomic E-state index is 14.4. The van der Waals surface area contributed by atoms with Crippen LogP contribution in [0.3, 0.4) is 0 Å². The van der Waals surface area contributed by atoms with E-state index in [0.717, 1.165) is 5.56 Å². The molecule has 0 saturated heterocycles. The van der Waals surface area contributed by atoms with Gasteiger partial charge in [0.05, 0.1) is 25.8 Å². The minimum atomic E-state index is -0.903. The largest absolute Gasteiger partial charge is 0.481 e. The smallest absolute Gasteiger partial charge is 0.305 e. The molecule has 21 heavy (non-hydrogen) atoms. The van der Waals surface area contributed by atoms with Gasteiger partial charge in [-0.2, -0.15) is 5.10 Å². The maximum Gasteiger partial charge on any atom is 0.305 e. The number of carboxylic acids is 1. The fourth-order valence-corrected chi connectivity index (χ4v) is 2.00. The normalized spacial score (nSPS) is 10.8. The van der Waals surface area contributed by atoms with Gasteiger partial charge in [0.2, 0.25) is 0 Å². The molecule has 5 nitrogen and oxygen atoms in total. The highest BCUT2D eigenvalue weighted by atomic mass is 19.1. The second-order valence-corrected chi connectivity index (χ2v) is 4.69. The van der Waals surface area contributed by atoms with Gasteiger partial charge in [-0.1, -0.05) is 18.2 Å². The van der Waals surface area contributed by atoms with Crippen LogP contribution in [0.5, 0.6) is 0 Å². The van der Waals surface area contributed by atoms with Gasteiger partial charge in [0.25, 0.3) is 0 Å². The number of aliphatic carboxylic acids is 1. The number of carboxylic acid groups (broad SMARTS) is 1. The van der Waals surface area contributed by atoms with Gasteiger partial charge in [0.15, 0.2) is 0 Å². The van der Waals surface area contributed by atoms with Crippen LogP contribution < -0.4 is 0 Å². The van der Waals surface area contributed by atoms with Crippen molar-refractivity contribution in [3.63, 3.8) is 0 Å². The average Bonchev–Trinajstić information content (AvgIpc) is 2.86. The summed E-state index contributed by atoms with van der Waals surface area (Å²) in [6.45, 7) is 0.430. The molecule has 0 aliphatic heterocycles. The van der Waals surface area contributed by atoms with Crippen molar-refractivity contribution in [3.8, 4) is 11.1 Å². The summed E-state index contributed by atoms with van der Waals surface area (Å²) in [6.07, 6.45) is 3.73. The van der Waals surface area contributed by atoms with E-state index in [1.807, 2.05) is 0 Å². The van der Waals surface area contributed by atoms with Crippen molar-refractivity contribution in [2.75, 3.05) is 13.2 Å². The first-order chi connectivity index (χ1) is 10.1. The van der Waals surface area contributed by atoms with Crippen LogP contribution >= 0.6 is 0 Å². The molecule has 0 amide bonds. The molecule has 0 bridgehead atoms. The zero-order valence-corrected chi connectivity index (χ0v) is 11.8. The first kappa shape index (κ1) is 15.2. The Morgan fingerprint density at radius 3 is 2.90 bits per heavy atom. The van der Waals surface area contributed by atoms with Gasteiger partial charge in [0, 0.05) is 24.4 Å². The number of hydrogen-bond acceptors (Lipinski definition) is 3. The van der Waals surface area contributed by atoms with Crippen molar-refractivity contribution in [3.05, 3.63) is 42.0 Å². The average molecular weight is 292 g/mol. The number of hydrogen-bond donors (Lipinski definition) is 1. The third-order valence-corrected chi connectivity index (χ3v) is 3.07. The number of rotatable bonds is 7. The van der Waals surface area contributed by atoms with Crippen molar-refractivity contribution in [2.24, 2.45) is 7.05 Å². The summed E-state index contributed by atoms with van der Waals surface area (Å²) in [6, 6.07) is 5.20. The van der Waals surface area contributed by atoms with Gasteiger partial charge in [-0.3, -0.25) is 9.48 Å². The van der Waals surface area contributed by atoms with Crippen LogP contribution in [0.25, 0.3) is 11.1 Å². The Labute approximate surface area is 122 Å². The van der Waals surface area contributed by atoms with Gasteiger partial charge in [0.1, 0.15) is 5.82 Å². The second-order valence-electron chi connectivity index (χ2n) is 4.69. The predicted molar refractivity (Wildman–Crippen MR) is 75.4 cm³/mol. The van der Waals surface area contributed by atoms with Crippen molar-refractivity contribution < 1.29 is 19.0 Å². The highest BCUT2D eigenvalue weighted by Crippen LogP contribution is 2.24. The van der Waals surface area contributed by atoms with Crippen molar-refractivity contribution in [2.45, 2.75) is 12.8 Å². The molecule has 0 radical (unpaired) electrons. The Hall–Kier alpha value is -2.21. The summed E-state index contributed by atoms with van der Waals surface area (Å²) >= 11 is 0. The first-order valence-electron chi connectivity index (χ1n) is 6.64. The number of aryl methyl sites for hydroxylation is 1. The van der Waals surface area contributed by atoms with Gasteiger partial charge >= 0.3 is 5.97 Å². The van der Waals surface area contributed by atoms with E-state index >= 15 is 0 Å². The lowest BCUT2D eigenvalue weighted by atomic mass is 10.0. The summed E-state index contributed by atoms with van der Waals surface area (Å²) in [5.41, 5.74) is 1.78. The Bertz CT molecular complexity index is 625. The highest BCUT2D eigenvalue weighted by molar-refractivity contribution is 5.66. The molecule has 1 aromatic carbocycles. The summed E-state index contributed by atoms with van der Waals surface area (Å²) in [5, 5.41) is 12.5. The molecule has 2 rings (SSSR count). The zero-order valence-electron chi connectivity index (χ0n) is 11.8. The highest BCUT2D eigenvalue weighted by Gasteiger charge is 2.11. The zero-order chi connectivity index (χ0) is 15.2. The van der Waals surface area contributed by atoms with Crippen LogP contribution in [0.15, 0.2) is 30.6 Å². The lowest BCUT2D eigenvalue weighted by Gasteiger charge is -2.07. The Balaban J connectivity index is 1.99. The standard InChI is InChI=1S/C15H17FN2O3/c1-18-10-12(9-17-18)13-4-2-3-11(15(13)16)5-7-21-8-6-14(19)20/h2-4,9-10H,5-8H2,1H3,(H,19,20). The Morgan fingerprint density at radius 1 is 1.43 bits per heavy atom. The quantitative estimate of drug-likeness (QED) is 0.795. The van der Waals surface area contributed by atoms with Crippen LogP contribution in [0.1, 0.15) is 12.0 Å². The number of ether oxygens (including phenoxy) is 1. The van der Waals surface area contributed by atoms with Gasteiger partial charge in [-0.25, -0.2) is 4.39 Å². The molecule has 0 saturated carbocycles. The molecular formula is C15H17FN2O3. The molecule has 0 aliphatic carbocycles. The van der Waals surface area contributed by atoms with E-state index in [1.54, 1.807) is 42.3 Å². The Kier molecular flexibility index (Phi) is 5.05. The first-order valence-corrected chi connectivity index (χ1v) is 6.64. The molecule has 0 atom stereocenters. The molecule has 1 N–H and O–H groups in total. The van der Waals surface area contributed by atoms with Crippen molar-refractivity contribution in [1.29, 1.82) is 0 Å². The van der Waals surface area contributed by atoms with Crippen LogP contribution in [0.4, 0.5) is 4.39 Å². The molecule has 0 aliphatic rings. The lowest BCUT2D eigenvalue weighted by Crippen LogP contribution is -2.06. The van der Waals surface area contributed by atoms with Crippen LogP contribution in [0.2, 0.25) is 0 Å². The fraction of sp³-hybridized carbons (Fsp3) is 0.333. The van der Waals surface area contributed by atoms with Crippen LogP contribution in [0, 0.1) is 5.82 Å². The second kappa shape index (κ2) is 6.99. The molecule has 112 valence electrons. The van der Waals surface area contributed by atoms with E-state index < -0.39 is 5.97 Å². The number of halogens is 1. The van der Waals surface area contributed by atoms with E-state index in [-0.39, 0.29) is 18.8 Å². The van der Waals surface area contributed by atoms with Crippen molar-refractivity contribution >= 4 is 5.97 Å². The number of aromatic nitrogens is 2. The number of nitrogens with zero attached hydrogens (tertiary/aromatic N) is 2.